The lowest BCUT2D eigenvalue weighted by Crippen LogP contribution is -2.46. The molecule has 0 aliphatic heterocycles. The molecule has 0 aromatic heterocycles. The van der Waals surface area contributed by atoms with E-state index < -0.39 is 0 Å². The fourth-order valence-electron chi connectivity index (χ4n) is 2.02. The molecule has 0 saturated carbocycles. The molecule has 0 fully saturated rings. The summed E-state index contributed by atoms with van der Waals surface area (Å²) >= 11 is 0. The molecule has 0 saturated heterocycles. The molecule has 0 aliphatic carbocycles. The number of hydrogen-bond acceptors (Lipinski definition) is 2. The fraction of sp³-hybridized carbons (Fsp3) is 1.00. The highest BCUT2D eigenvalue weighted by Crippen LogP contribution is 2.17. The Hall–Kier alpha value is -0.0800. The standard InChI is InChI=1S/C15H34N2/c1-9-13(2)10-17(8)12-15(6,7)11-16-14(3,4)5/h13,16H,9-12H2,1-8H3. The number of nitrogens with zero attached hydrogens (tertiary/aromatic N) is 1. The maximum absolute atomic E-state index is 3.61. The number of nitrogens with one attached hydrogen (secondary N) is 1. The van der Waals surface area contributed by atoms with Crippen molar-refractivity contribution in [3.63, 3.8) is 0 Å². The first-order valence-electron chi connectivity index (χ1n) is 6.99. The monoisotopic (exact) mass is 242 g/mol. The van der Waals surface area contributed by atoms with Crippen molar-refractivity contribution in [2.45, 2.75) is 60.4 Å². The van der Waals surface area contributed by atoms with Gasteiger partial charge in [0, 0.05) is 25.2 Å². The maximum Gasteiger partial charge on any atom is 0.00967 e. The van der Waals surface area contributed by atoms with Gasteiger partial charge in [-0.1, -0.05) is 34.1 Å². The summed E-state index contributed by atoms with van der Waals surface area (Å²) in [5.41, 5.74) is 0.544. The maximum atomic E-state index is 3.61. The van der Waals surface area contributed by atoms with Crippen molar-refractivity contribution >= 4 is 0 Å². The summed E-state index contributed by atoms with van der Waals surface area (Å²) in [7, 11) is 2.24. The van der Waals surface area contributed by atoms with Crippen LogP contribution in [0.15, 0.2) is 0 Å². The van der Waals surface area contributed by atoms with Gasteiger partial charge in [-0.2, -0.15) is 0 Å². The molecule has 104 valence electrons. The predicted octanol–water partition coefficient (Wildman–Crippen LogP) is 3.38. The minimum Gasteiger partial charge on any atom is -0.311 e. The molecule has 2 nitrogen and oxygen atoms in total. The Kier molecular flexibility index (Phi) is 6.71. The van der Waals surface area contributed by atoms with E-state index in [0.29, 0.717) is 5.41 Å². The van der Waals surface area contributed by atoms with Crippen molar-refractivity contribution in [2.75, 3.05) is 26.7 Å². The zero-order chi connectivity index (χ0) is 13.7. The molecule has 0 rings (SSSR count). The van der Waals surface area contributed by atoms with Crippen LogP contribution in [0.25, 0.3) is 0 Å². The van der Waals surface area contributed by atoms with Crippen LogP contribution in [0.4, 0.5) is 0 Å². The van der Waals surface area contributed by atoms with E-state index in [-0.39, 0.29) is 5.54 Å². The summed E-state index contributed by atoms with van der Waals surface area (Å²) in [5.74, 6) is 0.798. The highest BCUT2D eigenvalue weighted by atomic mass is 15.1. The van der Waals surface area contributed by atoms with E-state index in [2.05, 4.69) is 65.7 Å². The third kappa shape index (κ3) is 9.61. The van der Waals surface area contributed by atoms with E-state index in [1.807, 2.05) is 0 Å². The SMILES string of the molecule is CCC(C)CN(C)CC(C)(C)CNC(C)(C)C. The van der Waals surface area contributed by atoms with Crippen molar-refractivity contribution < 1.29 is 0 Å². The van der Waals surface area contributed by atoms with E-state index >= 15 is 0 Å². The molecule has 0 aromatic carbocycles. The summed E-state index contributed by atoms with van der Waals surface area (Å²) < 4.78 is 0. The summed E-state index contributed by atoms with van der Waals surface area (Å²) in [6.45, 7) is 19.4. The lowest BCUT2D eigenvalue weighted by molar-refractivity contribution is 0.175. The average Bonchev–Trinajstić information content (AvgIpc) is 2.12. The van der Waals surface area contributed by atoms with Crippen LogP contribution in [-0.2, 0) is 0 Å². The van der Waals surface area contributed by atoms with Crippen LogP contribution in [-0.4, -0.2) is 37.1 Å². The van der Waals surface area contributed by atoms with Crippen molar-refractivity contribution in [3.05, 3.63) is 0 Å². The Morgan fingerprint density at radius 3 is 2.06 bits per heavy atom. The van der Waals surface area contributed by atoms with Crippen LogP contribution in [0.3, 0.4) is 0 Å². The number of hydrogen-bond donors (Lipinski definition) is 1. The first-order valence-corrected chi connectivity index (χ1v) is 6.99. The van der Waals surface area contributed by atoms with Crippen molar-refractivity contribution in [2.24, 2.45) is 11.3 Å². The van der Waals surface area contributed by atoms with Crippen LogP contribution in [0.1, 0.15) is 54.9 Å². The Bertz CT molecular complexity index is 203. The minimum absolute atomic E-state index is 0.215. The summed E-state index contributed by atoms with van der Waals surface area (Å²) in [5, 5.41) is 3.61. The second kappa shape index (κ2) is 6.75. The van der Waals surface area contributed by atoms with Crippen molar-refractivity contribution in [1.82, 2.24) is 10.2 Å². The Morgan fingerprint density at radius 1 is 1.12 bits per heavy atom. The Balaban J connectivity index is 4.06. The lowest BCUT2D eigenvalue weighted by atomic mass is 9.91. The molecular weight excluding hydrogens is 208 g/mol. The lowest BCUT2D eigenvalue weighted by Gasteiger charge is -2.34. The molecule has 0 heterocycles. The van der Waals surface area contributed by atoms with Gasteiger partial charge in [0.2, 0.25) is 0 Å². The third-order valence-corrected chi connectivity index (χ3v) is 3.12. The molecule has 1 unspecified atom stereocenters. The summed E-state index contributed by atoms with van der Waals surface area (Å²) in [6.07, 6.45) is 1.27. The smallest absolute Gasteiger partial charge is 0.00967 e. The van der Waals surface area contributed by atoms with Crippen LogP contribution in [0.5, 0.6) is 0 Å². The van der Waals surface area contributed by atoms with Gasteiger partial charge in [0.05, 0.1) is 0 Å². The van der Waals surface area contributed by atoms with Gasteiger partial charge in [-0.05, 0) is 39.2 Å². The van der Waals surface area contributed by atoms with Crippen LogP contribution >= 0.6 is 0 Å². The van der Waals surface area contributed by atoms with Gasteiger partial charge < -0.3 is 10.2 Å². The van der Waals surface area contributed by atoms with Crippen LogP contribution < -0.4 is 5.32 Å². The summed E-state index contributed by atoms with van der Waals surface area (Å²) in [6, 6.07) is 0. The third-order valence-electron chi connectivity index (χ3n) is 3.12. The highest BCUT2D eigenvalue weighted by molar-refractivity contribution is 4.80. The molecule has 1 atom stereocenters. The van der Waals surface area contributed by atoms with E-state index in [4.69, 9.17) is 0 Å². The van der Waals surface area contributed by atoms with Crippen LogP contribution in [0, 0.1) is 11.3 Å². The molecule has 0 amide bonds. The summed E-state index contributed by atoms with van der Waals surface area (Å²) in [4.78, 5) is 2.47. The molecule has 0 spiro atoms. The van der Waals surface area contributed by atoms with E-state index in [1.54, 1.807) is 0 Å². The fourth-order valence-corrected chi connectivity index (χ4v) is 2.02. The first kappa shape index (κ1) is 16.9. The molecule has 0 aromatic rings. The minimum atomic E-state index is 0.215. The predicted molar refractivity (Wildman–Crippen MR) is 78.5 cm³/mol. The zero-order valence-corrected chi connectivity index (χ0v) is 13.4. The first-order chi connectivity index (χ1) is 7.56. The van der Waals surface area contributed by atoms with Crippen molar-refractivity contribution in [1.29, 1.82) is 0 Å². The molecule has 1 N–H and O–H groups in total. The highest BCUT2D eigenvalue weighted by Gasteiger charge is 2.22. The van der Waals surface area contributed by atoms with Crippen LogP contribution in [0.2, 0.25) is 0 Å². The molecule has 0 aliphatic rings. The molecule has 0 bridgehead atoms. The van der Waals surface area contributed by atoms with Gasteiger partial charge in [0.25, 0.3) is 0 Å². The zero-order valence-electron chi connectivity index (χ0n) is 13.4. The topological polar surface area (TPSA) is 15.3 Å². The van der Waals surface area contributed by atoms with Gasteiger partial charge >= 0.3 is 0 Å². The second-order valence-electron chi connectivity index (χ2n) is 7.48. The van der Waals surface area contributed by atoms with Gasteiger partial charge in [-0.3, -0.25) is 0 Å². The average molecular weight is 242 g/mol. The van der Waals surface area contributed by atoms with Gasteiger partial charge in [-0.25, -0.2) is 0 Å². The molecular formula is C15H34N2. The van der Waals surface area contributed by atoms with Gasteiger partial charge in [0.1, 0.15) is 0 Å². The molecule has 17 heavy (non-hydrogen) atoms. The van der Waals surface area contributed by atoms with E-state index in [9.17, 15) is 0 Å². The Morgan fingerprint density at radius 2 is 1.65 bits per heavy atom. The van der Waals surface area contributed by atoms with Crippen molar-refractivity contribution in [3.8, 4) is 0 Å². The largest absolute Gasteiger partial charge is 0.311 e. The van der Waals surface area contributed by atoms with Gasteiger partial charge in [-0.15, -0.1) is 0 Å². The quantitative estimate of drug-likeness (QED) is 0.736. The number of rotatable bonds is 7. The normalized spacial score (nSPS) is 15.4. The second-order valence-corrected chi connectivity index (χ2v) is 7.48. The molecule has 0 radical (unpaired) electrons. The Labute approximate surface area is 109 Å². The van der Waals surface area contributed by atoms with Gasteiger partial charge in [0.15, 0.2) is 0 Å². The molecule has 2 heteroatoms. The van der Waals surface area contributed by atoms with E-state index in [0.717, 1.165) is 19.0 Å². The van der Waals surface area contributed by atoms with E-state index in [1.165, 1.54) is 13.0 Å².